The Morgan fingerprint density at radius 2 is 1.89 bits per heavy atom. The van der Waals surface area contributed by atoms with Crippen molar-refractivity contribution in [2.45, 2.75) is 20.4 Å². The van der Waals surface area contributed by atoms with E-state index in [-0.39, 0.29) is 5.69 Å². The van der Waals surface area contributed by atoms with E-state index in [9.17, 15) is 10.1 Å². The number of nitro groups is 1. The summed E-state index contributed by atoms with van der Waals surface area (Å²) < 4.78 is 0. The average Bonchev–Trinajstić information content (AvgIpc) is 2.89. The second kappa shape index (κ2) is 8.44. The number of fused-ring (bicyclic) bond motifs is 1. The molecular formula is C18H22N6O4. The van der Waals surface area contributed by atoms with Gasteiger partial charge in [-0.2, -0.15) is 5.11 Å². The molecule has 1 heterocycles. The standard InChI is InChI=1S/C16H18N6O2.C2H4O2/c1-10-8-12(22(23)24)5-7-14(10)18-19-15-13(17)6-4-11-9-20(2)21(3)16(11)15;1-2(3)4/h4-8H,9,17H2,1-3H3;1H3,(H,3,4). The highest BCUT2D eigenvalue weighted by Crippen LogP contribution is 2.42. The Morgan fingerprint density at radius 3 is 2.46 bits per heavy atom. The summed E-state index contributed by atoms with van der Waals surface area (Å²) >= 11 is 0. The molecule has 0 atom stereocenters. The topological polar surface area (TPSA) is 138 Å². The lowest BCUT2D eigenvalue weighted by molar-refractivity contribution is -0.384. The number of aryl methyl sites for hydroxylation is 1. The van der Waals surface area contributed by atoms with E-state index in [0.29, 0.717) is 22.6 Å². The van der Waals surface area contributed by atoms with Gasteiger partial charge < -0.3 is 15.8 Å². The van der Waals surface area contributed by atoms with Crippen LogP contribution in [0.25, 0.3) is 0 Å². The van der Waals surface area contributed by atoms with Gasteiger partial charge in [0.2, 0.25) is 0 Å². The first kappa shape index (κ1) is 20.8. The van der Waals surface area contributed by atoms with Crippen molar-refractivity contribution >= 4 is 34.4 Å². The summed E-state index contributed by atoms with van der Waals surface area (Å²) in [5.41, 5.74) is 10.6. The highest BCUT2D eigenvalue weighted by Gasteiger charge is 2.25. The number of non-ortho nitro benzene ring substituents is 1. The van der Waals surface area contributed by atoms with E-state index in [1.165, 1.54) is 12.1 Å². The number of carboxylic acids is 1. The number of aliphatic carboxylic acids is 1. The molecule has 148 valence electrons. The van der Waals surface area contributed by atoms with Gasteiger partial charge >= 0.3 is 0 Å². The molecule has 0 spiro atoms. The van der Waals surface area contributed by atoms with E-state index in [2.05, 4.69) is 15.2 Å². The van der Waals surface area contributed by atoms with Crippen LogP contribution < -0.4 is 10.7 Å². The third-order valence-electron chi connectivity index (χ3n) is 4.15. The molecule has 0 unspecified atom stereocenters. The Labute approximate surface area is 162 Å². The molecule has 3 rings (SSSR count). The molecule has 2 aromatic carbocycles. The lowest BCUT2D eigenvalue weighted by Gasteiger charge is -2.22. The van der Waals surface area contributed by atoms with E-state index in [1.807, 2.05) is 31.2 Å². The quantitative estimate of drug-likeness (QED) is 0.354. The molecule has 0 aliphatic carbocycles. The van der Waals surface area contributed by atoms with Gasteiger partial charge in [-0.05, 0) is 30.2 Å². The summed E-state index contributed by atoms with van der Waals surface area (Å²) in [4.78, 5) is 19.4. The van der Waals surface area contributed by atoms with E-state index >= 15 is 0 Å². The third kappa shape index (κ3) is 4.60. The minimum Gasteiger partial charge on any atom is -0.481 e. The van der Waals surface area contributed by atoms with Crippen LogP contribution in [0, 0.1) is 17.0 Å². The number of nitrogen functional groups attached to an aromatic ring is 1. The molecule has 1 aliphatic rings. The number of nitro benzene ring substituents is 1. The Kier molecular flexibility index (Phi) is 6.26. The van der Waals surface area contributed by atoms with Gasteiger partial charge in [0.05, 0.1) is 22.0 Å². The van der Waals surface area contributed by atoms with Gasteiger partial charge in [0, 0.05) is 39.7 Å². The molecule has 0 fully saturated rings. The van der Waals surface area contributed by atoms with E-state index in [1.54, 1.807) is 13.0 Å². The third-order valence-corrected chi connectivity index (χ3v) is 4.15. The number of benzene rings is 2. The van der Waals surface area contributed by atoms with Crippen molar-refractivity contribution in [2.24, 2.45) is 10.2 Å². The lowest BCUT2D eigenvalue weighted by atomic mass is 10.1. The van der Waals surface area contributed by atoms with Crippen LogP contribution in [-0.2, 0) is 11.3 Å². The second-order valence-corrected chi connectivity index (χ2v) is 6.30. The summed E-state index contributed by atoms with van der Waals surface area (Å²) in [6.45, 7) is 3.63. The smallest absolute Gasteiger partial charge is 0.300 e. The molecule has 2 aromatic rings. The second-order valence-electron chi connectivity index (χ2n) is 6.30. The SMILES string of the molecule is CC(=O)O.Cc1cc([N+](=O)[O-])ccc1N=Nc1c(N)ccc2c1N(C)N(C)C2. The summed E-state index contributed by atoms with van der Waals surface area (Å²) in [6, 6.07) is 8.29. The van der Waals surface area contributed by atoms with Gasteiger partial charge in [0.15, 0.2) is 0 Å². The predicted octanol–water partition coefficient (Wildman–Crippen LogP) is 3.79. The first-order valence-corrected chi connectivity index (χ1v) is 8.34. The van der Waals surface area contributed by atoms with Gasteiger partial charge in [-0.1, -0.05) is 6.07 Å². The normalized spacial score (nSPS) is 13.2. The molecule has 0 bridgehead atoms. The number of anilines is 2. The highest BCUT2D eigenvalue weighted by molar-refractivity contribution is 5.82. The Bertz CT molecular complexity index is 940. The Balaban J connectivity index is 0.000000640. The van der Waals surface area contributed by atoms with Crippen LogP contribution >= 0.6 is 0 Å². The van der Waals surface area contributed by atoms with Crippen LogP contribution in [0.4, 0.5) is 28.4 Å². The van der Waals surface area contributed by atoms with Crippen LogP contribution in [0.1, 0.15) is 18.1 Å². The number of rotatable bonds is 3. The van der Waals surface area contributed by atoms with Crippen LogP contribution in [0.3, 0.4) is 0 Å². The van der Waals surface area contributed by atoms with Gasteiger partial charge in [0.1, 0.15) is 5.69 Å². The van der Waals surface area contributed by atoms with E-state index in [0.717, 1.165) is 24.7 Å². The maximum atomic E-state index is 10.8. The fourth-order valence-electron chi connectivity index (χ4n) is 2.72. The minimum absolute atomic E-state index is 0.0351. The maximum Gasteiger partial charge on any atom is 0.300 e. The number of hydrazine groups is 1. The first-order chi connectivity index (χ1) is 13.1. The van der Waals surface area contributed by atoms with Crippen LogP contribution in [0.15, 0.2) is 40.6 Å². The molecule has 0 amide bonds. The maximum absolute atomic E-state index is 10.8. The highest BCUT2D eigenvalue weighted by atomic mass is 16.6. The van der Waals surface area contributed by atoms with Crippen LogP contribution in [-0.4, -0.2) is 35.1 Å². The van der Waals surface area contributed by atoms with Gasteiger partial charge in [-0.15, -0.1) is 5.11 Å². The number of azo groups is 1. The number of hydrogen-bond donors (Lipinski definition) is 2. The number of hydrogen-bond acceptors (Lipinski definition) is 8. The van der Waals surface area contributed by atoms with Crippen molar-refractivity contribution in [3.63, 3.8) is 0 Å². The van der Waals surface area contributed by atoms with Gasteiger partial charge in [-0.3, -0.25) is 14.9 Å². The zero-order chi connectivity index (χ0) is 21.0. The molecule has 0 aromatic heterocycles. The molecule has 1 aliphatic heterocycles. The number of carbonyl (C=O) groups is 1. The molecule has 10 nitrogen and oxygen atoms in total. The van der Waals surface area contributed by atoms with E-state index in [4.69, 9.17) is 15.6 Å². The lowest BCUT2D eigenvalue weighted by Crippen LogP contribution is -2.29. The molecule has 0 saturated heterocycles. The van der Waals surface area contributed by atoms with Crippen molar-refractivity contribution in [1.29, 1.82) is 0 Å². The van der Waals surface area contributed by atoms with Crippen LogP contribution in [0.5, 0.6) is 0 Å². The summed E-state index contributed by atoms with van der Waals surface area (Å²) in [6.07, 6.45) is 0. The fourth-order valence-corrected chi connectivity index (χ4v) is 2.72. The van der Waals surface area contributed by atoms with Crippen molar-refractivity contribution in [1.82, 2.24) is 5.01 Å². The molecule has 3 N–H and O–H groups in total. The van der Waals surface area contributed by atoms with E-state index < -0.39 is 10.9 Å². The van der Waals surface area contributed by atoms with Crippen molar-refractivity contribution in [3.8, 4) is 0 Å². The molecule has 10 heteroatoms. The predicted molar refractivity (Wildman–Crippen MR) is 106 cm³/mol. The summed E-state index contributed by atoms with van der Waals surface area (Å²) in [7, 11) is 3.93. The van der Waals surface area contributed by atoms with Gasteiger partial charge in [-0.25, -0.2) is 5.01 Å². The van der Waals surface area contributed by atoms with Crippen molar-refractivity contribution in [2.75, 3.05) is 24.8 Å². The Hall–Kier alpha value is -3.53. The largest absolute Gasteiger partial charge is 0.481 e. The molecule has 0 saturated carbocycles. The van der Waals surface area contributed by atoms with Gasteiger partial charge in [0.25, 0.3) is 11.7 Å². The monoisotopic (exact) mass is 386 g/mol. The fraction of sp³-hybridized carbons (Fsp3) is 0.278. The summed E-state index contributed by atoms with van der Waals surface area (Å²) in [5, 5.41) is 30.9. The number of nitrogens with zero attached hydrogens (tertiary/aromatic N) is 5. The molecule has 28 heavy (non-hydrogen) atoms. The van der Waals surface area contributed by atoms with Crippen molar-refractivity contribution < 1.29 is 14.8 Å². The van der Waals surface area contributed by atoms with Crippen molar-refractivity contribution in [3.05, 3.63) is 51.6 Å². The molecule has 0 radical (unpaired) electrons. The number of carboxylic acid groups (broad SMARTS) is 1. The first-order valence-electron chi connectivity index (χ1n) is 8.34. The molecular weight excluding hydrogens is 364 g/mol. The zero-order valence-corrected chi connectivity index (χ0v) is 16.1. The zero-order valence-electron chi connectivity index (χ0n) is 16.1. The Morgan fingerprint density at radius 1 is 1.25 bits per heavy atom. The average molecular weight is 386 g/mol. The summed E-state index contributed by atoms with van der Waals surface area (Å²) in [5.74, 6) is -0.833. The minimum atomic E-state index is -0.833. The number of nitrogens with two attached hydrogens (primary N) is 1. The van der Waals surface area contributed by atoms with Crippen LogP contribution in [0.2, 0.25) is 0 Å².